The second-order valence-corrected chi connectivity index (χ2v) is 4.48. The van der Waals surface area contributed by atoms with Crippen molar-refractivity contribution < 1.29 is 4.84 Å². The summed E-state index contributed by atoms with van der Waals surface area (Å²) in [5.74, 6) is 5.11. The van der Waals surface area contributed by atoms with Crippen LogP contribution in [0.4, 0.5) is 0 Å². The monoisotopic (exact) mass is 216 g/mol. The molecule has 0 spiro atoms. The van der Waals surface area contributed by atoms with Crippen LogP contribution in [0.15, 0.2) is 18.2 Å². The van der Waals surface area contributed by atoms with E-state index in [1.807, 2.05) is 0 Å². The minimum absolute atomic E-state index is 0.482. The van der Waals surface area contributed by atoms with Crippen LogP contribution in [0.3, 0.4) is 0 Å². The number of rotatable bonds is 2. The van der Waals surface area contributed by atoms with Gasteiger partial charge in [-0.05, 0) is 48.9 Å². The number of benzene rings is 1. The summed E-state index contributed by atoms with van der Waals surface area (Å²) in [4.78, 5) is 8.20. The number of aromatic amines is 1. The number of nitrogens with two attached hydrogens (primary N) is 1. The van der Waals surface area contributed by atoms with Gasteiger partial charge in [-0.25, -0.2) is 5.90 Å². The minimum Gasteiger partial charge on any atom is -0.358 e. The molecule has 3 rings (SSSR count). The molecular formula is C13H16N2O. The fraction of sp³-hybridized carbons (Fsp3) is 0.385. The lowest BCUT2D eigenvalue weighted by Crippen LogP contribution is -2.00. The zero-order valence-corrected chi connectivity index (χ0v) is 9.25. The number of hydrogen-bond donors (Lipinski definition) is 2. The van der Waals surface area contributed by atoms with Crippen LogP contribution in [-0.4, -0.2) is 4.98 Å². The van der Waals surface area contributed by atoms with Crippen molar-refractivity contribution in [1.29, 1.82) is 0 Å². The molecule has 0 atom stereocenters. The number of hydrogen-bond acceptors (Lipinski definition) is 2. The number of aromatic nitrogens is 1. The van der Waals surface area contributed by atoms with E-state index in [9.17, 15) is 0 Å². The summed E-state index contributed by atoms with van der Waals surface area (Å²) in [7, 11) is 0. The first-order chi connectivity index (χ1) is 7.88. The highest BCUT2D eigenvalue weighted by atomic mass is 16.6. The zero-order valence-electron chi connectivity index (χ0n) is 9.25. The summed E-state index contributed by atoms with van der Waals surface area (Å²) in [6.45, 7) is 0.482. The van der Waals surface area contributed by atoms with E-state index in [0.29, 0.717) is 6.61 Å². The zero-order chi connectivity index (χ0) is 11.0. The third kappa shape index (κ3) is 1.52. The van der Waals surface area contributed by atoms with E-state index < -0.39 is 0 Å². The van der Waals surface area contributed by atoms with Crippen LogP contribution < -0.4 is 5.90 Å². The van der Waals surface area contributed by atoms with E-state index >= 15 is 0 Å². The smallest absolute Gasteiger partial charge is 0.0930 e. The first-order valence-corrected chi connectivity index (χ1v) is 5.82. The van der Waals surface area contributed by atoms with Gasteiger partial charge >= 0.3 is 0 Å². The Hall–Kier alpha value is -1.32. The van der Waals surface area contributed by atoms with Gasteiger partial charge < -0.3 is 4.98 Å². The normalized spacial score (nSPS) is 15.3. The van der Waals surface area contributed by atoms with Gasteiger partial charge in [0.2, 0.25) is 0 Å². The molecule has 84 valence electrons. The van der Waals surface area contributed by atoms with Crippen molar-refractivity contribution in [3.05, 3.63) is 35.0 Å². The maximum atomic E-state index is 5.11. The molecule has 0 radical (unpaired) electrons. The molecule has 1 aromatic carbocycles. The summed E-state index contributed by atoms with van der Waals surface area (Å²) < 4.78 is 0. The van der Waals surface area contributed by atoms with Crippen molar-refractivity contribution in [2.24, 2.45) is 5.90 Å². The first-order valence-electron chi connectivity index (χ1n) is 5.82. The van der Waals surface area contributed by atoms with Crippen molar-refractivity contribution >= 4 is 10.9 Å². The lowest BCUT2D eigenvalue weighted by molar-refractivity contribution is 0.124. The Labute approximate surface area is 94.5 Å². The predicted molar refractivity (Wildman–Crippen MR) is 63.9 cm³/mol. The van der Waals surface area contributed by atoms with Crippen LogP contribution in [0.2, 0.25) is 0 Å². The van der Waals surface area contributed by atoms with E-state index in [1.54, 1.807) is 0 Å². The molecule has 0 saturated carbocycles. The molecule has 0 aliphatic heterocycles. The Morgan fingerprint density at radius 2 is 2.12 bits per heavy atom. The molecule has 1 heterocycles. The Morgan fingerprint density at radius 3 is 3.00 bits per heavy atom. The van der Waals surface area contributed by atoms with Crippen LogP contribution in [-0.2, 0) is 24.3 Å². The van der Waals surface area contributed by atoms with Crippen LogP contribution in [0.5, 0.6) is 0 Å². The van der Waals surface area contributed by atoms with Gasteiger partial charge in [0, 0.05) is 16.6 Å². The van der Waals surface area contributed by atoms with Gasteiger partial charge in [-0.1, -0.05) is 6.07 Å². The van der Waals surface area contributed by atoms with E-state index in [0.717, 1.165) is 5.56 Å². The number of fused-ring (bicyclic) bond motifs is 3. The number of H-pyrrole nitrogens is 1. The molecule has 0 unspecified atom stereocenters. The van der Waals surface area contributed by atoms with E-state index in [-0.39, 0.29) is 0 Å². The van der Waals surface area contributed by atoms with Gasteiger partial charge in [0.25, 0.3) is 0 Å². The highest BCUT2D eigenvalue weighted by molar-refractivity contribution is 5.85. The molecule has 1 aliphatic carbocycles. The van der Waals surface area contributed by atoms with Crippen molar-refractivity contribution in [3.63, 3.8) is 0 Å². The summed E-state index contributed by atoms with van der Waals surface area (Å²) in [5, 5.41) is 1.35. The summed E-state index contributed by atoms with van der Waals surface area (Å²) in [6.07, 6.45) is 4.99. The SMILES string of the molecule is NOCc1ccc2[nH]c3c(c2c1)CCCC3. The van der Waals surface area contributed by atoms with Gasteiger partial charge in [0.15, 0.2) is 0 Å². The fourth-order valence-corrected chi connectivity index (χ4v) is 2.64. The molecule has 3 N–H and O–H groups in total. The summed E-state index contributed by atoms with van der Waals surface area (Å²) in [5.41, 5.74) is 5.31. The van der Waals surface area contributed by atoms with Crippen LogP contribution >= 0.6 is 0 Å². The lowest BCUT2D eigenvalue weighted by Gasteiger charge is -2.10. The Morgan fingerprint density at radius 1 is 1.25 bits per heavy atom. The van der Waals surface area contributed by atoms with Crippen LogP contribution in [0, 0.1) is 0 Å². The topological polar surface area (TPSA) is 51.0 Å². The van der Waals surface area contributed by atoms with E-state index in [1.165, 1.54) is 47.8 Å². The van der Waals surface area contributed by atoms with Crippen LogP contribution in [0.25, 0.3) is 10.9 Å². The molecular weight excluding hydrogens is 200 g/mol. The summed E-state index contributed by atoms with van der Waals surface area (Å²) >= 11 is 0. The minimum atomic E-state index is 0.482. The maximum Gasteiger partial charge on any atom is 0.0930 e. The second-order valence-electron chi connectivity index (χ2n) is 4.48. The quantitative estimate of drug-likeness (QED) is 0.757. The molecule has 0 saturated heterocycles. The lowest BCUT2D eigenvalue weighted by atomic mass is 9.95. The molecule has 16 heavy (non-hydrogen) atoms. The highest BCUT2D eigenvalue weighted by Crippen LogP contribution is 2.29. The molecule has 1 aromatic heterocycles. The Bertz CT molecular complexity index is 516. The Balaban J connectivity index is 2.13. The van der Waals surface area contributed by atoms with Crippen molar-refractivity contribution in [1.82, 2.24) is 4.98 Å². The second kappa shape index (κ2) is 3.92. The molecule has 3 nitrogen and oxygen atoms in total. The van der Waals surface area contributed by atoms with Crippen LogP contribution in [0.1, 0.15) is 29.7 Å². The standard InChI is InChI=1S/C13H16N2O/c14-16-8-9-5-6-13-11(7-9)10-3-1-2-4-12(10)15-13/h5-7,15H,1-4,8,14H2. The first kappa shape index (κ1) is 9.87. The molecule has 0 fully saturated rings. The van der Waals surface area contributed by atoms with Crippen molar-refractivity contribution in [2.75, 3.05) is 0 Å². The van der Waals surface area contributed by atoms with E-state index in [2.05, 4.69) is 28.0 Å². The molecule has 3 heteroatoms. The average Bonchev–Trinajstić information content (AvgIpc) is 2.68. The predicted octanol–water partition coefficient (Wildman–Crippen LogP) is 2.44. The third-order valence-electron chi connectivity index (χ3n) is 3.41. The molecule has 1 aliphatic rings. The Kier molecular flexibility index (Phi) is 2.42. The largest absolute Gasteiger partial charge is 0.358 e. The fourth-order valence-electron chi connectivity index (χ4n) is 2.64. The van der Waals surface area contributed by atoms with Crippen molar-refractivity contribution in [2.45, 2.75) is 32.3 Å². The van der Waals surface area contributed by atoms with Crippen molar-refractivity contribution in [3.8, 4) is 0 Å². The third-order valence-corrected chi connectivity index (χ3v) is 3.41. The molecule has 0 amide bonds. The summed E-state index contributed by atoms with van der Waals surface area (Å²) in [6, 6.07) is 6.39. The van der Waals surface area contributed by atoms with Gasteiger partial charge in [-0.2, -0.15) is 0 Å². The molecule has 2 aromatic rings. The number of aryl methyl sites for hydroxylation is 2. The van der Waals surface area contributed by atoms with Gasteiger partial charge in [0.05, 0.1) is 6.61 Å². The van der Waals surface area contributed by atoms with Gasteiger partial charge in [-0.15, -0.1) is 0 Å². The van der Waals surface area contributed by atoms with Gasteiger partial charge in [-0.3, -0.25) is 4.84 Å². The average molecular weight is 216 g/mol. The highest BCUT2D eigenvalue weighted by Gasteiger charge is 2.15. The van der Waals surface area contributed by atoms with Gasteiger partial charge in [0.1, 0.15) is 0 Å². The number of nitrogens with one attached hydrogen (secondary N) is 1. The maximum absolute atomic E-state index is 5.11. The molecule has 0 bridgehead atoms. The van der Waals surface area contributed by atoms with E-state index in [4.69, 9.17) is 5.90 Å².